The second-order valence-electron chi connectivity index (χ2n) is 8.99. The molecule has 1 aliphatic heterocycles. The van der Waals surface area contributed by atoms with Gasteiger partial charge in [-0.2, -0.15) is 0 Å². The zero-order valence-corrected chi connectivity index (χ0v) is 19.5. The Kier molecular flexibility index (Phi) is 9.23. The van der Waals surface area contributed by atoms with Gasteiger partial charge in [0.05, 0.1) is 12.1 Å². The van der Waals surface area contributed by atoms with E-state index in [2.05, 4.69) is 70.0 Å². The van der Waals surface area contributed by atoms with E-state index >= 15 is 0 Å². The SMILES string of the molecule is C=C(NC(C)(C)C)C1CC(OCOCP(=O)(O)NC)CN1C(=C)C(C)C(C)C. The summed E-state index contributed by atoms with van der Waals surface area (Å²) >= 11 is 0. The van der Waals surface area contributed by atoms with Gasteiger partial charge in [-0.25, -0.2) is 5.09 Å². The minimum absolute atomic E-state index is 0.0250. The van der Waals surface area contributed by atoms with Gasteiger partial charge in [-0.15, -0.1) is 0 Å². The van der Waals surface area contributed by atoms with E-state index < -0.39 is 7.52 Å². The van der Waals surface area contributed by atoms with Crippen LogP contribution < -0.4 is 10.4 Å². The van der Waals surface area contributed by atoms with Gasteiger partial charge in [-0.05, 0) is 39.7 Å². The molecule has 0 bridgehead atoms. The maximum Gasteiger partial charge on any atom is 0.292 e. The van der Waals surface area contributed by atoms with Crippen LogP contribution in [0.2, 0.25) is 0 Å². The van der Waals surface area contributed by atoms with Crippen molar-refractivity contribution in [2.24, 2.45) is 11.8 Å². The molecule has 1 fully saturated rings. The lowest BCUT2D eigenvalue weighted by Gasteiger charge is -2.36. The maximum atomic E-state index is 11.6. The van der Waals surface area contributed by atoms with Crippen LogP contribution >= 0.6 is 7.52 Å². The van der Waals surface area contributed by atoms with Gasteiger partial charge < -0.3 is 24.6 Å². The van der Waals surface area contributed by atoms with Crippen LogP contribution in [0.1, 0.15) is 48.0 Å². The Morgan fingerprint density at radius 2 is 1.93 bits per heavy atom. The first-order valence-electron chi connectivity index (χ1n) is 9.90. The number of nitrogens with one attached hydrogen (secondary N) is 2. The van der Waals surface area contributed by atoms with Gasteiger partial charge in [0.1, 0.15) is 13.1 Å². The lowest BCUT2D eigenvalue weighted by atomic mass is 9.94. The molecule has 0 saturated carbocycles. The predicted octanol–water partition coefficient (Wildman–Crippen LogP) is 3.49. The standard InChI is InChI=1S/C20H40N3O4P/c1-14(2)15(3)17(5)23-11-18(27-12-26-13-28(24,25)21-9)10-19(23)16(4)22-20(6,7)8/h14-15,18-19,22H,4-5,10-13H2,1-3,6-9H3,(H2,21,24,25). The Morgan fingerprint density at radius 1 is 1.32 bits per heavy atom. The molecule has 1 saturated heterocycles. The Balaban J connectivity index is 2.77. The molecule has 0 amide bonds. The molecule has 8 heteroatoms. The van der Waals surface area contributed by atoms with E-state index in [1.165, 1.54) is 7.05 Å². The Bertz CT molecular complexity index is 588. The average molecular weight is 418 g/mol. The summed E-state index contributed by atoms with van der Waals surface area (Å²) < 4.78 is 22.6. The molecular weight excluding hydrogens is 377 g/mol. The molecule has 0 aliphatic carbocycles. The third kappa shape index (κ3) is 7.88. The summed E-state index contributed by atoms with van der Waals surface area (Å²) in [6.45, 7) is 22.2. The molecule has 0 spiro atoms. The summed E-state index contributed by atoms with van der Waals surface area (Å²) in [5.74, 6) is 0.830. The van der Waals surface area contributed by atoms with Gasteiger partial charge in [-0.3, -0.25) is 4.57 Å². The van der Waals surface area contributed by atoms with E-state index in [0.717, 1.165) is 17.8 Å². The maximum absolute atomic E-state index is 11.6. The van der Waals surface area contributed by atoms with E-state index in [9.17, 15) is 9.46 Å². The highest BCUT2D eigenvalue weighted by Crippen LogP contribution is 2.35. The lowest BCUT2D eigenvalue weighted by Crippen LogP contribution is -2.43. The number of allylic oxidation sites excluding steroid dienone is 1. The van der Waals surface area contributed by atoms with Crippen molar-refractivity contribution in [2.45, 2.75) is 65.6 Å². The molecule has 0 aromatic rings. The molecule has 4 atom stereocenters. The molecule has 0 aromatic carbocycles. The van der Waals surface area contributed by atoms with Crippen molar-refractivity contribution in [3.63, 3.8) is 0 Å². The fourth-order valence-electron chi connectivity index (χ4n) is 3.15. The monoisotopic (exact) mass is 417 g/mol. The molecule has 7 nitrogen and oxygen atoms in total. The first kappa shape index (κ1) is 25.2. The van der Waals surface area contributed by atoms with Crippen LogP contribution in [0.15, 0.2) is 24.6 Å². The molecule has 0 radical (unpaired) electrons. The number of nitrogens with zero attached hydrogens (tertiary/aromatic N) is 1. The lowest BCUT2D eigenvalue weighted by molar-refractivity contribution is -0.0743. The summed E-state index contributed by atoms with van der Waals surface area (Å²) in [6.07, 6.45) is 0.420. The van der Waals surface area contributed by atoms with Crippen LogP contribution in [-0.4, -0.2) is 54.2 Å². The van der Waals surface area contributed by atoms with E-state index in [1.807, 2.05) is 0 Å². The number of rotatable bonds is 11. The normalized spacial score (nSPS) is 23.5. The molecule has 1 rings (SSSR count). The van der Waals surface area contributed by atoms with Crippen LogP contribution in [-0.2, 0) is 14.0 Å². The fraction of sp³-hybridized carbons (Fsp3) is 0.800. The zero-order valence-electron chi connectivity index (χ0n) is 18.6. The average Bonchev–Trinajstić information content (AvgIpc) is 3.00. The Hall–Kier alpha value is -0.850. The summed E-state index contributed by atoms with van der Waals surface area (Å²) in [5, 5.41) is 5.84. The quantitative estimate of drug-likeness (QED) is 0.270. The van der Waals surface area contributed by atoms with Crippen molar-refractivity contribution >= 4 is 7.52 Å². The molecule has 28 heavy (non-hydrogen) atoms. The van der Waals surface area contributed by atoms with Crippen LogP contribution in [0.4, 0.5) is 0 Å². The van der Waals surface area contributed by atoms with Gasteiger partial charge >= 0.3 is 0 Å². The van der Waals surface area contributed by atoms with E-state index in [4.69, 9.17) is 9.47 Å². The minimum atomic E-state index is -3.44. The van der Waals surface area contributed by atoms with E-state index in [-0.39, 0.29) is 30.8 Å². The fourth-order valence-corrected chi connectivity index (χ4v) is 3.60. The van der Waals surface area contributed by atoms with Crippen molar-refractivity contribution < 1.29 is 18.9 Å². The summed E-state index contributed by atoms with van der Waals surface area (Å²) in [4.78, 5) is 11.8. The molecule has 3 N–H and O–H groups in total. The molecule has 164 valence electrons. The smallest absolute Gasteiger partial charge is 0.292 e. The van der Waals surface area contributed by atoms with Gasteiger partial charge in [-0.1, -0.05) is 33.9 Å². The number of ether oxygens (including phenoxy) is 2. The van der Waals surface area contributed by atoms with Crippen LogP contribution in [0.3, 0.4) is 0 Å². The van der Waals surface area contributed by atoms with Crippen molar-refractivity contribution in [3.8, 4) is 0 Å². The highest BCUT2D eigenvalue weighted by molar-refractivity contribution is 7.55. The minimum Gasteiger partial charge on any atom is -0.383 e. The molecule has 1 aliphatic rings. The third-order valence-electron chi connectivity index (χ3n) is 5.10. The van der Waals surface area contributed by atoms with E-state index in [1.54, 1.807) is 0 Å². The topological polar surface area (TPSA) is 83.1 Å². The predicted molar refractivity (Wildman–Crippen MR) is 115 cm³/mol. The van der Waals surface area contributed by atoms with Crippen LogP contribution in [0, 0.1) is 11.8 Å². The second kappa shape index (κ2) is 10.3. The Labute approximate surface area is 171 Å². The zero-order chi connectivity index (χ0) is 21.7. The van der Waals surface area contributed by atoms with Crippen molar-refractivity contribution in [1.82, 2.24) is 15.3 Å². The second-order valence-corrected chi connectivity index (χ2v) is 11.1. The first-order chi connectivity index (χ1) is 12.8. The molecule has 0 aromatic heterocycles. The number of hydrogen-bond acceptors (Lipinski definition) is 5. The van der Waals surface area contributed by atoms with Gasteiger partial charge in [0, 0.05) is 29.9 Å². The van der Waals surface area contributed by atoms with Crippen molar-refractivity contribution in [2.75, 3.05) is 26.7 Å². The molecular formula is C20H40N3O4P. The molecule has 4 unspecified atom stereocenters. The van der Waals surface area contributed by atoms with Crippen molar-refractivity contribution in [3.05, 3.63) is 24.6 Å². The van der Waals surface area contributed by atoms with E-state index in [0.29, 0.717) is 18.4 Å². The van der Waals surface area contributed by atoms with Gasteiger partial charge in [0.15, 0.2) is 0 Å². The summed E-state index contributed by atoms with van der Waals surface area (Å²) in [5.41, 5.74) is 1.95. The van der Waals surface area contributed by atoms with Crippen LogP contribution in [0.5, 0.6) is 0 Å². The third-order valence-corrected chi connectivity index (χ3v) is 6.33. The summed E-state index contributed by atoms with van der Waals surface area (Å²) in [6, 6.07) is 0.0826. The van der Waals surface area contributed by atoms with Crippen molar-refractivity contribution in [1.29, 1.82) is 0 Å². The highest BCUT2D eigenvalue weighted by Gasteiger charge is 2.37. The Morgan fingerprint density at radius 3 is 2.43 bits per heavy atom. The van der Waals surface area contributed by atoms with Gasteiger partial charge in [0.2, 0.25) is 0 Å². The summed E-state index contributed by atoms with van der Waals surface area (Å²) in [7, 11) is -2.01. The number of hydrogen-bond donors (Lipinski definition) is 3. The first-order valence-corrected chi connectivity index (χ1v) is 11.7. The highest BCUT2D eigenvalue weighted by atomic mass is 31.2. The number of likely N-dealkylation sites (tertiary alicyclic amines) is 1. The molecule has 1 heterocycles. The van der Waals surface area contributed by atoms with Gasteiger partial charge in [0.25, 0.3) is 7.52 Å². The largest absolute Gasteiger partial charge is 0.383 e. The van der Waals surface area contributed by atoms with Crippen LogP contribution in [0.25, 0.3) is 0 Å².